The highest BCUT2D eigenvalue weighted by Gasteiger charge is 2.46. The predicted octanol–water partition coefficient (Wildman–Crippen LogP) is 7.15. The van der Waals surface area contributed by atoms with Gasteiger partial charge in [0.1, 0.15) is 11.6 Å². The van der Waals surface area contributed by atoms with Gasteiger partial charge < -0.3 is 21.0 Å². The van der Waals surface area contributed by atoms with Gasteiger partial charge in [-0.1, -0.05) is 68.8 Å². The van der Waals surface area contributed by atoms with E-state index in [0.29, 0.717) is 12.0 Å². The van der Waals surface area contributed by atoms with Crippen molar-refractivity contribution in [3.8, 4) is 33.6 Å². The lowest BCUT2D eigenvalue weighted by Crippen LogP contribution is -2.18. The second-order valence-corrected chi connectivity index (χ2v) is 11.6. The van der Waals surface area contributed by atoms with Gasteiger partial charge in [-0.05, 0) is 70.7 Å². The second kappa shape index (κ2) is 9.78. The predicted molar refractivity (Wildman–Crippen MR) is 158 cm³/mol. The zero-order valence-electron chi connectivity index (χ0n) is 22.6. The lowest BCUT2D eigenvalue weighted by Gasteiger charge is -2.13. The van der Waals surface area contributed by atoms with Crippen LogP contribution in [-0.4, -0.2) is 26.0 Å². The van der Waals surface area contributed by atoms with Crippen molar-refractivity contribution in [2.45, 2.75) is 57.7 Å². The highest BCUT2D eigenvalue weighted by molar-refractivity contribution is 5.90. The molecule has 6 heteroatoms. The second-order valence-electron chi connectivity index (χ2n) is 11.6. The van der Waals surface area contributed by atoms with Crippen molar-refractivity contribution in [1.82, 2.24) is 25.3 Å². The maximum absolute atomic E-state index is 6.38. The minimum absolute atomic E-state index is 0.0591. The average Bonchev–Trinajstić information content (AvgIpc) is 3.40. The van der Waals surface area contributed by atoms with E-state index in [-0.39, 0.29) is 6.04 Å². The lowest BCUT2D eigenvalue weighted by molar-refractivity contribution is 0.451. The van der Waals surface area contributed by atoms with E-state index in [0.717, 1.165) is 53.4 Å². The van der Waals surface area contributed by atoms with Crippen LogP contribution in [0.3, 0.4) is 0 Å². The molecule has 1 aliphatic heterocycles. The number of nitrogens with one attached hydrogen (secondary N) is 3. The van der Waals surface area contributed by atoms with E-state index in [9.17, 15) is 0 Å². The lowest BCUT2D eigenvalue weighted by atomic mass is 9.98. The molecule has 6 nitrogen and oxygen atoms in total. The number of rotatable bonds is 8. The average molecular weight is 517 g/mol. The Morgan fingerprint density at radius 2 is 1.49 bits per heavy atom. The van der Waals surface area contributed by atoms with Crippen LogP contribution in [0.1, 0.15) is 63.3 Å². The molecular formula is C33H36N6. The molecule has 5 aromatic rings. The zero-order valence-corrected chi connectivity index (χ0v) is 22.6. The van der Waals surface area contributed by atoms with E-state index in [1.807, 2.05) is 12.4 Å². The summed E-state index contributed by atoms with van der Waals surface area (Å²) in [5, 5.41) is 6.14. The Bertz CT molecular complexity index is 1600. The monoisotopic (exact) mass is 516 g/mol. The van der Waals surface area contributed by atoms with Crippen molar-refractivity contribution < 1.29 is 0 Å². The first kappa shape index (κ1) is 24.3. The number of aromatic nitrogens is 4. The van der Waals surface area contributed by atoms with Crippen LogP contribution in [0.4, 0.5) is 0 Å². The van der Waals surface area contributed by atoms with Crippen molar-refractivity contribution >= 4 is 10.8 Å². The standard InChI is InChI=1S/C33H36N6/c1-3-19(2)12-27(34)32-35-17-30(38-32)21-6-4-20(5-7-21)22-8-9-24-14-25(11-10-23(24)13-22)31-18-36-33(39-31)29-16-26-15-28(26)37-29/h4-11,13-14,17-19,26-29,37H,3,12,15-16,34H2,1-2H3,(H,35,38)(H,36,39)/t19?,26?,27-,28?,29-/m0/s1. The fraction of sp³-hybridized carbons (Fsp3) is 0.333. The summed E-state index contributed by atoms with van der Waals surface area (Å²) in [5.41, 5.74) is 13.1. The van der Waals surface area contributed by atoms with Crippen LogP contribution in [0.2, 0.25) is 0 Å². The maximum atomic E-state index is 6.38. The Hall–Kier alpha value is -3.74. The molecule has 1 saturated carbocycles. The van der Waals surface area contributed by atoms with Crippen LogP contribution in [0.15, 0.2) is 73.1 Å². The van der Waals surface area contributed by atoms with Gasteiger partial charge in [-0.25, -0.2) is 9.97 Å². The first-order valence-electron chi connectivity index (χ1n) is 14.3. The van der Waals surface area contributed by atoms with Gasteiger partial charge in [-0.3, -0.25) is 0 Å². The summed E-state index contributed by atoms with van der Waals surface area (Å²) in [6.45, 7) is 4.44. The molecule has 5 N–H and O–H groups in total. The van der Waals surface area contributed by atoms with E-state index in [2.05, 4.69) is 99.8 Å². The van der Waals surface area contributed by atoms with Gasteiger partial charge in [0.2, 0.25) is 0 Å². The number of nitrogens with zero attached hydrogens (tertiary/aromatic N) is 2. The van der Waals surface area contributed by atoms with Gasteiger partial charge in [0, 0.05) is 11.6 Å². The van der Waals surface area contributed by atoms with Crippen molar-refractivity contribution in [2.75, 3.05) is 0 Å². The molecule has 0 bridgehead atoms. The van der Waals surface area contributed by atoms with Crippen LogP contribution in [0.5, 0.6) is 0 Å². The third-order valence-corrected chi connectivity index (χ3v) is 8.78. The number of fused-ring (bicyclic) bond motifs is 2. The van der Waals surface area contributed by atoms with Crippen molar-refractivity contribution in [3.05, 3.63) is 84.7 Å². The number of piperidine rings is 1. The zero-order chi connectivity index (χ0) is 26.5. The summed E-state index contributed by atoms with van der Waals surface area (Å²) in [5.74, 6) is 3.37. The highest BCUT2D eigenvalue weighted by Crippen LogP contribution is 2.45. The summed E-state index contributed by atoms with van der Waals surface area (Å²) in [4.78, 5) is 16.2. The van der Waals surface area contributed by atoms with Crippen molar-refractivity contribution in [2.24, 2.45) is 17.6 Å². The van der Waals surface area contributed by atoms with Gasteiger partial charge in [-0.2, -0.15) is 0 Å². The highest BCUT2D eigenvalue weighted by atomic mass is 15.1. The molecule has 1 saturated heterocycles. The number of benzene rings is 3. The smallest absolute Gasteiger partial charge is 0.123 e. The molecule has 3 heterocycles. The summed E-state index contributed by atoms with van der Waals surface area (Å²) >= 11 is 0. The Morgan fingerprint density at radius 3 is 2.23 bits per heavy atom. The fourth-order valence-electron chi connectivity index (χ4n) is 6.01. The van der Waals surface area contributed by atoms with Crippen LogP contribution in [0, 0.1) is 11.8 Å². The topological polar surface area (TPSA) is 95.4 Å². The molecule has 3 aromatic carbocycles. The van der Waals surface area contributed by atoms with Gasteiger partial charge in [-0.15, -0.1) is 0 Å². The molecule has 0 radical (unpaired) electrons. The minimum atomic E-state index is -0.0591. The number of hydrogen-bond acceptors (Lipinski definition) is 4. The summed E-state index contributed by atoms with van der Waals surface area (Å²) in [6.07, 6.45) is 8.47. The number of nitrogens with two attached hydrogens (primary N) is 1. The first-order valence-corrected chi connectivity index (χ1v) is 14.3. The molecule has 7 rings (SSSR count). The fourth-order valence-corrected chi connectivity index (χ4v) is 6.01. The van der Waals surface area contributed by atoms with Gasteiger partial charge in [0.15, 0.2) is 0 Å². The van der Waals surface area contributed by atoms with Crippen LogP contribution in [-0.2, 0) is 0 Å². The molecule has 5 atom stereocenters. The summed E-state index contributed by atoms with van der Waals surface area (Å²) in [7, 11) is 0. The van der Waals surface area contributed by atoms with Crippen LogP contribution < -0.4 is 11.1 Å². The molecule has 198 valence electrons. The molecule has 0 spiro atoms. The normalized spacial score (nSPS) is 21.7. The molecule has 3 unspecified atom stereocenters. The Labute approximate surface area is 229 Å². The van der Waals surface area contributed by atoms with Crippen LogP contribution >= 0.6 is 0 Å². The van der Waals surface area contributed by atoms with E-state index >= 15 is 0 Å². The molecule has 1 aliphatic carbocycles. The van der Waals surface area contributed by atoms with E-state index in [1.54, 1.807) is 0 Å². The van der Waals surface area contributed by atoms with E-state index < -0.39 is 0 Å². The Kier molecular flexibility index (Phi) is 6.09. The molecular weight excluding hydrogens is 480 g/mol. The molecule has 2 fully saturated rings. The number of H-pyrrole nitrogens is 2. The third-order valence-electron chi connectivity index (χ3n) is 8.78. The molecule has 0 amide bonds. The maximum Gasteiger partial charge on any atom is 0.123 e. The molecule has 2 aromatic heterocycles. The van der Waals surface area contributed by atoms with Crippen LogP contribution in [0.25, 0.3) is 44.4 Å². The Balaban J connectivity index is 1.07. The Morgan fingerprint density at radius 1 is 0.821 bits per heavy atom. The summed E-state index contributed by atoms with van der Waals surface area (Å²) < 4.78 is 0. The SMILES string of the molecule is CCC(C)C[C@H](N)c1ncc(-c2ccc(-c3ccc4cc(-c5cnc([C@@H]6CC7CC7N6)[nH]5)ccc4c3)cc2)[nH]1. The number of hydrogen-bond donors (Lipinski definition) is 4. The number of imidazole rings is 2. The van der Waals surface area contributed by atoms with Gasteiger partial charge in [0.25, 0.3) is 0 Å². The van der Waals surface area contributed by atoms with Crippen molar-refractivity contribution in [3.63, 3.8) is 0 Å². The van der Waals surface area contributed by atoms with E-state index in [4.69, 9.17) is 5.73 Å². The van der Waals surface area contributed by atoms with Gasteiger partial charge >= 0.3 is 0 Å². The molecule has 39 heavy (non-hydrogen) atoms. The third kappa shape index (κ3) is 4.79. The minimum Gasteiger partial charge on any atom is -0.341 e. The summed E-state index contributed by atoms with van der Waals surface area (Å²) in [6, 6.07) is 23.0. The van der Waals surface area contributed by atoms with Crippen molar-refractivity contribution in [1.29, 1.82) is 0 Å². The largest absolute Gasteiger partial charge is 0.341 e. The van der Waals surface area contributed by atoms with Gasteiger partial charge in [0.05, 0.1) is 35.9 Å². The number of aromatic amines is 2. The first-order chi connectivity index (χ1) is 19.0. The molecule has 2 aliphatic rings. The van der Waals surface area contributed by atoms with E-state index in [1.165, 1.54) is 40.3 Å². The quantitative estimate of drug-likeness (QED) is 0.176.